The van der Waals surface area contributed by atoms with Crippen molar-refractivity contribution in [1.82, 2.24) is 15.2 Å². The van der Waals surface area contributed by atoms with Crippen LogP contribution in [0.15, 0.2) is 41.5 Å². The summed E-state index contributed by atoms with van der Waals surface area (Å²) in [7, 11) is 1.58. The third-order valence-corrected chi connectivity index (χ3v) is 6.94. The lowest BCUT2D eigenvalue weighted by molar-refractivity contribution is -0.136. The Morgan fingerprint density at radius 2 is 2.00 bits per heavy atom. The molecule has 198 valence electrons. The molecule has 4 rings (SSSR count). The van der Waals surface area contributed by atoms with Crippen LogP contribution in [0.2, 0.25) is 0 Å². The van der Waals surface area contributed by atoms with Gasteiger partial charge in [0.05, 0.1) is 19.8 Å². The Balaban J connectivity index is 1.29. The zero-order valence-corrected chi connectivity index (χ0v) is 21.2. The minimum absolute atomic E-state index is 0.0193. The van der Waals surface area contributed by atoms with Crippen molar-refractivity contribution < 1.29 is 24.5 Å². The van der Waals surface area contributed by atoms with E-state index >= 15 is 0 Å². The number of guanidine groups is 1. The number of aliphatic imine (C=N–C) groups is 1. The van der Waals surface area contributed by atoms with Gasteiger partial charge in [-0.25, -0.2) is 4.98 Å². The number of aryl methyl sites for hydroxylation is 2. The summed E-state index contributed by atoms with van der Waals surface area (Å²) in [5, 5.41) is 24.8. The van der Waals surface area contributed by atoms with E-state index in [1.807, 2.05) is 35.2 Å². The summed E-state index contributed by atoms with van der Waals surface area (Å²) >= 11 is 0. The first-order valence-electron chi connectivity index (χ1n) is 12.8. The van der Waals surface area contributed by atoms with E-state index in [4.69, 9.17) is 9.84 Å². The van der Waals surface area contributed by atoms with Gasteiger partial charge in [0.2, 0.25) is 5.88 Å². The van der Waals surface area contributed by atoms with Crippen LogP contribution in [0, 0.1) is 5.92 Å². The summed E-state index contributed by atoms with van der Waals surface area (Å²) in [6, 6.07) is 9.31. The number of carboxylic acid groups (broad SMARTS) is 1. The number of carbonyl (C=O) groups excluding carboxylic acids is 1. The van der Waals surface area contributed by atoms with E-state index in [1.54, 1.807) is 13.3 Å². The molecule has 4 N–H and O–H groups in total. The van der Waals surface area contributed by atoms with Crippen molar-refractivity contribution >= 4 is 23.5 Å². The quantitative estimate of drug-likeness (QED) is 0.404. The molecule has 37 heavy (non-hydrogen) atoms. The van der Waals surface area contributed by atoms with E-state index < -0.39 is 12.1 Å². The Hall–Kier alpha value is -3.66. The molecular weight excluding hydrogens is 474 g/mol. The molecule has 1 aromatic heterocycles. The number of β-amino-alcohol motifs (C(OH)–C–C–N with tert-alkyl or cyclic N) is 1. The van der Waals surface area contributed by atoms with Gasteiger partial charge < -0.3 is 30.5 Å². The van der Waals surface area contributed by atoms with Crippen molar-refractivity contribution in [2.75, 3.05) is 38.6 Å². The highest BCUT2D eigenvalue weighted by molar-refractivity contribution is 5.98. The highest BCUT2D eigenvalue weighted by Gasteiger charge is 2.24. The summed E-state index contributed by atoms with van der Waals surface area (Å²) in [5.74, 6) is 0.823. The van der Waals surface area contributed by atoms with Gasteiger partial charge in [-0.2, -0.15) is 0 Å². The molecule has 0 radical (unpaired) electrons. The van der Waals surface area contributed by atoms with Crippen molar-refractivity contribution in [2.45, 2.75) is 44.6 Å². The van der Waals surface area contributed by atoms with Gasteiger partial charge in [-0.1, -0.05) is 6.07 Å². The molecule has 0 aliphatic carbocycles. The van der Waals surface area contributed by atoms with Crippen molar-refractivity contribution in [2.24, 2.45) is 10.9 Å². The molecule has 1 amide bonds. The Morgan fingerprint density at radius 3 is 2.70 bits per heavy atom. The number of aliphatic hydroxyl groups is 1. The first-order chi connectivity index (χ1) is 17.9. The Kier molecular flexibility index (Phi) is 8.95. The van der Waals surface area contributed by atoms with Gasteiger partial charge in [0.15, 0.2) is 5.96 Å². The SMILES string of the molecule is COc1cc(CCC2CCN(C(=O)c3cccc(NC4=NCC(O)CN4)c3)CC2)c(CCC(=O)O)cn1. The number of likely N-dealkylation sites (tertiary alicyclic amines) is 1. The number of hydrogen-bond donors (Lipinski definition) is 4. The van der Waals surface area contributed by atoms with E-state index in [0.29, 0.717) is 55.9 Å². The van der Waals surface area contributed by atoms with Crippen LogP contribution in [0.4, 0.5) is 5.69 Å². The van der Waals surface area contributed by atoms with E-state index in [2.05, 4.69) is 20.6 Å². The number of nitrogens with one attached hydrogen (secondary N) is 2. The average molecular weight is 510 g/mol. The predicted octanol–water partition coefficient (Wildman–Crippen LogP) is 2.32. The molecule has 0 bridgehead atoms. The number of aromatic nitrogens is 1. The van der Waals surface area contributed by atoms with E-state index in [0.717, 1.165) is 42.5 Å². The number of rotatable bonds is 9. The van der Waals surface area contributed by atoms with Gasteiger partial charge >= 0.3 is 5.97 Å². The lowest BCUT2D eigenvalue weighted by Gasteiger charge is -2.32. The molecule has 1 saturated heterocycles. The van der Waals surface area contributed by atoms with Gasteiger partial charge in [-0.15, -0.1) is 0 Å². The summed E-state index contributed by atoms with van der Waals surface area (Å²) in [6.45, 7) is 2.21. The fourth-order valence-electron chi connectivity index (χ4n) is 4.76. The molecule has 0 saturated carbocycles. The number of carboxylic acids is 1. The molecule has 2 aliphatic rings. The number of nitrogens with zero attached hydrogens (tertiary/aromatic N) is 3. The van der Waals surface area contributed by atoms with Crippen molar-refractivity contribution in [3.63, 3.8) is 0 Å². The number of pyridine rings is 1. The van der Waals surface area contributed by atoms with Crippen molar-refractivity contribution in [3.05, 3.63) is 53.2 Å². The van der Waals surface area contributed by atoms with E-state index in [1.165, 1.54) is 0 Å². The standard InChI is InChI=1S/C27H35N5O5/c1-37-24-14-19(21(15-28-24)7-8-25(34)35)6-5-18-9-11-32(12-10-18)26(36)20-3-2-4-22(13-20)31-27-29-16-23(33)17-30-27/h2-4,13-15,18,23,33H,5-12,16-17H2,1H3,(H,34,35)(H2,29,30,31). The normalized spacial score (nSPS) is 18.1. The zero-order chi connectivity index (χ0) is 26.2. The number of benzene rings is 1. The second-order valence-corrected chi connectivity index (χ2v) is 9.59. The fraction of sp³-hybridized carbons (Fsp3) is 0.481. The summed E-state index contributed by atoms with van der Waals surface area (Å²) in [4.78, 5) is 34.6. The molecule has 1 atom stereocenters. The minimum atomic E-state index is -0.820. The molecule has 3 heterocycles. The van der Waals surface area contributed by atoms with Crippen molar-refractivity contribution in [3.8, 4) is 5.88 Å². The van der Waals surface area contributed by atoms with Gasteiger partial charge in [-0.05, 0) is 67.3 Å². The third-order valence-electron chi connectivity index (χ3n) is 6.94. The minimum Gasteiger partial charge on any atom is -0.481 e. The molecule has 1 aromatic carbocycles. The predicted molar refractivity (Wildman–Crippen MR) is 140 cm³/mol. The van der Waals surface area contributed by atoms with E-state index in [9.17, 15) is 14.7 Å². The Labute approximate surface area is 216 Å². The van der Waals surface area contributed by atoms with Crippen molar-refractivity contribution in [1.29, 1.82) is 0 Å². The van der Waals surface area contributed by atoms with Gasteiger partial charge in [0.1, 0.15) is 0 Å². The number of amides is 1. The van der Waals surface area contributed by atoms with Crippen LogP contribution in [0.1, 0.15) is 47.2 Å². The van der Waals surface area contributed by atoms with E-state index in [-0.39, 0.29) is 12.3 Å². The average Bonchev–Trinajstić information content (AvgIpc) is 2.92. The second kappa shape index (κ2) is 12.5. The Morgan fingerprint density at radius 1 is 1.19 bits per heavy atom. The maximum Gasteiger partial charge on any atom is 0.303 e. The maximum atomic E-state index is 13.2. The lowest BCUT2D eigenvalue weighted by atomic mass is 9.89. The first kappa shape index (κ1) is 26.4. The highest BCUT2D eigenvalue weighted by Crippen LogP contribution is 2.26. The van der Waals surface area contributed by atoms with Crippen LogP contribution >= 0.6 is 0 Å². The Bertz CT molecular complexity index is 1130. The monoisotopic (exact) mass is 509 g/mol. The molecule has 1 unspecified atom stereocenters. The summed E-state index contributed by atoms with van der Waals surface area (Å²) in [6.07, 6.45) is 5.43. The molecule has 2 aromatic rings. The number of anilines is 1. The molecular formula is C27H35N5O5. The maximum absolute atomic E-state index is 13.2. The summed E-state index contributed by atoms with van der Waals surface area (Å²) in [5.41, 5.74) is 3.44. The largest absolute Gasteiger partial charge is 0.481 e. The van der Waals surface area contributed by atoms with Crippen LogP contribution in [-0.4, -0.2) is 77.3 Å². The van der Waals surface area contributed by atoms with Crippen LogP contribution in [-0.2, 0) is 17.6 Å². The fourth-order valence-corrected chi connectivity index (χ4v) is 4.76. The van der Waals surface area contributed by atoms with Gasteiger partial charge in [-0.3, -0.25) is 14.6 Å². The number of hydrogen-bond acceptors (Lipinski definition) is 8. The van der Waals surface area contributed by atoms with Crippen LogP contribution in [0.5, 0.6) is 5.88 Å². The van der Waals surface area contributed by atoms with Crippen LogP contribution in [0.25, 0.3) is 0 Å². The number of ether oxygens (including phenoxy) is 1. The smallest absolute Gasteiger partial charge is 0.303 e. The van der Waals surface area contributed by atoms with Gasteiger partial charge in [0.25, 0.3) is 5.91 Å². The lowest BCUT2D eigenvalue weighted by Crippen LogP contribution is -2.42. The summed E-state index contributed by atoms with van der Waals surface area (Å²) < 4.78 is 5.27. The highest BCUT2D eigenvalue weighted by atomic mass is 16.5. The molecule has 1 fully saturated rings. The molecule has 10 nitrogen and oxygen atoms in total. The van der Waals surface area contributed by atoms with Gasteiger partial charge in [0, 0.05) is 49.6 Å². The third kappa shape index (κ3) is 7.42. The second-order valence-electron chi connectivity index (χ2n) is 9.59. The number of aliphatic hydroxyl groups excluding tert-OH is 1. The number of methoxy groups -OCH3 is 1. The topological polar surface area (TPSA) is 136 Å². The molecule has 10 heteroatoms. The zero-order valence-electron chi connectivity index (χ0n) is 21.2. The number of aliphatic carboxylic acids is 1. The first-order valence-corrected chi connectivity index (χ1v) is 12.8. The number of carbonyl (C=O) groups is 2. The molecule has 0 spiro atoms. The van der Waals surface area contributed by atoms with Crippen LogP contribution in [0.3, 0.4) is 0 Å². The number of piperidine rings is 1. The molecule has 2 aliphatic heterocycles. The van der Waals surface area contributed by atoms with Crippen LogP contribution < -0.4 is 15.4 Å².